The minimum atomic E-state index is -3.44. The first kappa shape index (κ1) is 13.9. The van der Waals surface area contributed by atoms with Crippen molar-refractivity contribution in [3.05, 3.63) is 0 Å². The van der Waals surface area contributed by atoms with Gasteiger partial charge < -0.3 is 10.4 Å². The molecule has 1 aliphatic rings. The zero-order valence-electron chi connectivity index (χ0n) is 9.65. The van der Waals surface area contributed by atoms with Crippen molar-refractivity contribution >= 4 is 10.2 Å². The maximum atomic E-state index is 11.8. The van der Waals surface area contributed by atoms with Crippen molar-refractivity contribution in [2.45, 2.75) is 25.8 Å². The number of nitrogens with zero attached hydrogens (tertiary/aromatic N) is 1. The predicted octanol–water partition coefficient (Wildman–Crippen LogP) is -1.11. The van der Waals surface area contributed by atoms with Crippen LogP contribution < -0.4 is 10.0 Å². The van der Waals surface area contributed by atoms with Gasteiger partial charge in [0.15, 0.2) is 0 Å². The largest absolute Gasteiger partial charge is 0.395 e. The van der Waals surface area contributed by atoms with E-state index < -0.39 is 10.2 Å². The molecule has 0 bridgehead atoms. The van der Waals surface area contributed by atoms with Crippen LogP contribution in [0.5, 0.6) is 0 Å². The Kier molecular flexibility index (Phi) is 5.63. The van der Waals surface area contributed by atoms with Crippen LogP contribution in [0.2, 0.25) is 0 Å². The van der Waals surface area contributed by atoms with Gasteiger partial charge in [0.2, 0.25) is 0 Å². The Morgan fingerprint density at radius 3 is 2.81 bits per heavy atom. The molecule has 0 aromatic heterocycles. The third-order valence-electron chi connectivity index (χ3n) is 2.60. The highest BCUT2D eigenvalue weighted by Gasteiger charge is 2.25. The molecule has 1 saturated heterocycles. The van der Waals surface area contributed by atoms with Crippen LogP contribution in [0.3, 0.4) is 0 Å². The van der Waals surface area contributed by atoms with E-state index in [9.17, 15) is 8.42 Å². The molecule has 3 N–H and O–H groups in total. The summed E-state index contributed by atoms with van der Waals surface area (Å²) in [5, 5.41) is 12.1. The van der Waals surface area contributed by atoms with Crippen molar-refractivity contribution < 1.29 is 13.5 Å². The van der Waals surface area contributed by atoms with Gasteiger partial charge in [0.25, 0.3) is 10.2 Å². The highest BCUT2D eigenvalue weighted by atomic mass is 32.2. The molecule has 0 aromatic carbocycles. The van der Waals surface area contributed by atoms with Crippen LogP contribution in [0, 0.1) is 0 Å². The van der Waals surface area contributed by atoms with E-state index in [-0.39, 0.29) is 19.2 Å². The highest BCUT2D eigenvalue weighted by molar-refractivity contribution is 7.87. The van der Waals surface area contributed by atoms with Crippen molar-refractivity contribution in [1.82, 2.24) is 14.3 Å². The summed E-state index contributed by atoms with van der Waals surface area (Å²) in [6.07, 6.45) is 2.07. The van der Waals surface area contributed by atoms with Gasteiger partial charge in [-0.2, -0.15) is 12.7 Å². The van der Waals surface area contributed by atoms with Crippen LogP contribution in [-0.2, 0) is 10.2 Å². The first-order chi connectivity index (χ1) is 7.60. The van der Waals surface area contributed by atoms with Crippen LogP contribution in [0.4, 0.5) is 0 Å². The van der Waals surface area contributed by atoms with E-state index >= 15 is 0 Å². The second-order valence-corrected chi connectivity index (χ2v) is 5.63. The zero-order chi connectivity index (χ0) is 12.0. The normalized spacial score (nSPS) is 21.8. The Hall–Kier alpha value is -0.210. The molecule has 1 unspecified atom stereocenters. The van der Waals surface area contributed by atoms with Gasteiger partial charge in [-0.3, -0.25) is 0 Å². The van der Waals surface area contributed by atoms with Gasteiger partial charge in [-0.15, -0.1) is 0 Å². The second-order valence-electron chi connectivity index (χ2n) is 3.88. The maximum Gasteiger partial charge on any atom is 0.279 e. The monoisotopic (exact) mass is 251 g/mol. The van der Waals surface area contributed by atoms with Crippen LogP contribution in [-0.4, -0.2) is 56.7 Å². The number of hydrogen-bond donors (Lipinski definition) is 3. The van der Waals surface area contributed by atoms with Gasteiger partial charge in [-0.1, -0.05) is 6.92 Å². The van der Waals surface area contributed by atoms with Gasteiger partial charge in [0, 0.05) is 25.7 Å². The summed E-state index contributed by atoms with van der Waals surface area (Å²) in [6.45, 7) is 3.46. The Balaban J connectivity index is 2.58. The lowest BCUT2D eigenvalue weighted by atomic mass is 10.2. The van der Waals surface area contributed by atoms with Crippen LogP contribution >= 0.6 is 0 Å². The van der Waals surface area contributed by atoms with Gasteiger partial charge in [0.05, 0.1) is 6.61 Å². The molecule has 1 aliphatic heterocycles. The fourth-order valence-electron chi connectivity index (χ4n) is 1.85. The van der Waals surface area contributed by atoms with Crippen molar-refractivity contribution in [2.24, 2.45) is 0 Å². The van der Waals surface area contributed by atoms with E-state index in [1.165, 1.54) is 4.31 Å². The minimum Gasteiger partial charge on any atom is -0.395 e. The molecule has 1 atom stereocenters. The lowest BCUT2D eigenvalue weighted by Gasteiger charge is -2.24. The van der Waals surface area contributed by atoms with E-state index in [1.54, 1.807) is 6.92 Å². The molecule has 0 aromatic rings. The van der Waals surface area contributed by atoms with Crippen molar-refractivity contribution in [2.75, 3.05) is 32.8 Å². The number of aliphatic hydroxyl groups is 1. The summed E-state index contributed by atoms with van der Waals surface area (Å²) in [7, 11) is -3.44. The van der Waals surface area contributed by atoms with E-state index in [4.69, 9.17) is 5.11 Å². The molecule has 0 spiro atoms. The SMILES string of the molecule is CCNS(=O)(=O)N(CCO)CC1CCCN1. The lowest BCUT2D eigenvalue weighted by molar-refractivity contribution is 0.245. The van der Waals surface area contributed by atoms with E-state index in [1.807, 2.05) is 0 Å². The van der Waals surface area contributed by atoms with Crippen molar-refractivity contribution in [3.8, 4) is 0 Å². The van der Waals surface area contributed by atoms with Crippen molar-refractivity contribution in [1.29, 1.82) is 0 Å². The Labute approximate surface area is 97.2 Å². The molecule has 7 heteroatoms. The first-order valence-corrected chi connectivity index (χ1v) is 7.13. The summed E-state index contributed by atoms with van der Waals surface area (Å²) >= 11 is 0. The molecule has 1 rings (SSSR count). The summed E-state index contributed by atoms with van der Waals surface area (Å²) in [5.41, 5.74) is 0. The average molecular weight is 251 g/mol. The zero-order valence-corrected chi connectivity index (χ0v) is 10.5. The topological polar surface area (TPSA) is 81.7 Å². The van der Waals surface area contributed by atoms with E-state index in [2.05, 4.69) is 10.0 Å². The van der Waals surface area contributed by atoms with Crippen LogP contribution in [0.1, 0.15) is 19.8 Å². The van der Waals surface area contributed by atoms with Gasteiger partial charge in [0.1, 0.15) is 0 Å². The molecule has 1 heterocycles. The van der Waals surface area contributed by atoms with Gasteiger partial charge >= 0.3 is 0 Å². The average Bonchev–Trinajstić information content (AvgIpc) is 2.69. The lowest BCUT2D eigenvalue weighted by Crippen LogP contribution is -2.47. The third kappa shape index (κ3) is 3.99. The molecule has 1 fully saturated rings. The summed E-state index contributed by atoms with van der Waals surface area (Å²) in [5.74, 6) is 0. The van der Waals surface area contributed by atoms with Gasteiger partial charge in [-0.25, -0.2) is 4.72 Å². The van der Waals surface area contributed by atoms with Crippen molar-refractivity contribution in [3.63, 3.8) is 0 Å². The quantitative estimate of drug-likeness (QED) is 0.536. The number of hydrogen-bond acceptors (Lipinski definition) is 4. The molecule has 0 saturated carbocycles. The molecule has 0 radical (unpaired) electrons. The Bertz CT molecular complexity index is 288. The van der Waals surface area contributed by atoms with Gasteiger partial charge in [-0.05, 0) is 19.4 Å². The molecular formula is C9H21N3O3S. The second kappa shape index (κ2) is 6.51. The predicted molar refractivity (Wildman–Crippen MR) is 62.3 cm³/mol. The van der Waals surface area contributed by atoms with Crippen LogP contribution in [0.15, 0.2) is 0 Å². The van der Waals surface area contributed by atoms with E-state index in [0.717, 1.165) is 19.4 Å². The standard InChI is InChI=1S/C9H21N3O3S/c1-2-11-16(14,15)12(6-7-13)8-9-4-3-5-10-9/h9-11,13H,2-8H2,1H3. The third-order valence-corrected chi connectivity index (χ3v) is 4.27. The Morgan fingerprint density at radius 1 is 1.56 bits per heavy atom. The molecular weight excluding hydrogens is 230 g/mol. The summed E-state index contributed by atoms with van der Waals surface area (Å²) in [4.78, 5) is 0. The molecule has 6 nitrogen and oxygen atoms in total. The number of aliphatic hydroxyl groups excluding tert-OH is 1. The molecule has 16 heavy (non-hydrogen) atoms. The van der Waals surface area contributed by atoms with E-state index in [0.29, 0.717) is 13.1 Å². The maximum absolute atomic E-state index is 11.8. The smallest absolute Gasteiger partial charge is 0.279 e. The number of nitrogens with one attached hydrogen (secondary N) is 2. The minimum absolute atomic E-state index is 0.146. The fraction of sp³-hybridized carbons (Fsp3) is 1.00. The van der Waals surface area contributed by atoms with Crippen LogP contribution in [0.25, 0.3) is 0 Å². The molecule has 0 aliphatic carbocycles. The molecule has 0 amide bonds. The summed E-state index contributed by atoms with van der Waals surface area (Å²) in [6, 6.07) is 0.208. The number of rotatable bonds is 7. The summed E-state index contributed by atoms with van der Waals surface area (Å²) < 4.78 is 27.3. The highest BCUT2D eigenvalue weighted by Crippen LogP contribution is 2.08. The molecule has 96 valence electrons. The fourth-order valence-corrected chi connectivity index (χ4v) is 3.10. The Morgan fingerprint density at radius 2 is 2.31 bits per heavy atom. The first-order valence-electron chi connectivity index (χ1n) is 5.69.